The number of benzene rings is 2. The van der Waals surface area contributed by atoms with Crippen LogP contribution in [0, 0.1) is 5.92 Å². The van der Waals surface area contributed by atoms with Crippen molar-refractivity contribution >= 4 is 52.4 Å². The number of ether oxygens (including phenoxy) is 1. The Bertz CT molecular complexity index is 1030. The van der Waals surface area contributed by atoms with Gasteiger partial charge < -0.3 is 15.0 Å². The quantitative estimate of drug-likeness (QED) is 0.645. The summed E-state index contributed by atoms with van der Waals surface area (Å²) in [5, 5.41) is 2.05. The summed E-state index contributed by atoms with van der Waals surface area (Å²) < 4.78 is 43.6. The van der Waals surface area contributed by atoms with Gasteiger partial charge >= 0.3 is 12.1 Å². The molecule has 1 aliphatic heterocycles. The Morgan fingerprint density at radius 1 is 1.13 bits per heavy atom. The van der Waals surface area contributed by atoms with E-state index in [2.05, 4.69) is 5.32 Å². The molecule has 0 radical (unpaired) electrons. The molecule has 1 fully saturated rings. The van der Waals surface area contributed by atoms with Crippen LogP contribution in [0.15, 0.2) is 42.5 Å². The first-order chi connectivity index (χ1) is 14.6. The maximum atomic E-state index is 12.9. The largest absolute Gasteiger partial charge is 0.455 e. The highest BCUT2D eigenvalue weighted by molar-refractivity contribution is 6.34. The summed E-state index contributed by atoms with van der Waals surface area (Å²) >= 11 is 11.6. The number of amides is 2. The zero-order valence-corrected chi connectivity index (χ0v) is 17.2. The molecule has 0 unspecified atom stereocenters. The zero-order chi connectivity index (χ0) is 22.8. The van der Waals surface area contributed by atoms with Crippen molar-refractivity contribution in [2.75, 3.05) is 23.4 Å². The molecule has 2 amide bonds. The lowest BCUT2D eigenvalue weighted by atomic mass is 10.1. The van der Waals surface area contributed by atoms with Gasteiger partial charge in [-0.15, -0.1) is 0 Å². The monoisotopic (exact) mass is 474 g/mol. The summed E-state index contributed by atoms with van der Waals surface area (Å²) in [6.45, 7) is -0.686. The van der Waals surface area contributed by atoms with E-state index in [0.717, 1.165) is 6.07 Å². The fourth-order valence-electron chi connectivity index (χ4n) is 3.04. The van der Waals surface area contributed by atoms with Crippen LogP contribution in [0.1, 0.15) is 12.0 Å². The molecule has 11 heteroatoms. The fraction of sp³-hybridized carbons (Fsp3) is 0.250. The molecule has 3 rings (SSSR count). The van der Waals surface area contributed by atoms with Crippen LogP contribution in [0.5, 0.6) is 0 Å². The van der Waals surface area contributed by atoms with E-state index in [9.17, 15) is 27.6 Å². The Kier molecular flexibility index (Phi) is 6.76. The average molecular weight is 475 g/mol. The van der Waals surface area contributed by atoms with Crippen molar-refractivity contribution in [3.05, 3.63) is 58.1 Å². The van der Waals surface area contributed by atoms with E-state index in [1.54, 1.807) is 24.3 Å². The number of rotatable bonds is 5. The molecule has 164 valence electrons. The summed E-state index contributed by atoms with van der Waals surface area (Å²) in [5.74, 6) is -2.73. The molecule has 0 saturated carbocycles. The third-order valence-corrected chi connectivity index (χ3v) is 5.15. The first-order valence-electron chi connectivity index (χ1n) is 8.94. The third-order valence-electron chi connectivity index (χ3n) is 4.50. The molecule has 2 aromatic carbocycles. The van der Waals surface area contributed by atoms with Gasteiger partial charge in [0.15, 0.2) is 6.61 Å². The van der Waals surface area contributed by atoms with Crippen molar-refractivity contribution in [2.24, 2.45) is 5.92 Å². The van der Waals surface area contributed by atoms with Crippen LogP contribution in [-0.4, -0.2) is 30.9 Å². The number of esters is 1. The third kappa shape index (κ3) is 5.48. The SMILES string of the molecule is O=C(COC(=O)[C@@H]1CC(=O)N(c2ccccc2Cl)C1)Nc1ccc(Cl)c(C(F)(F)F)c1. The number of alkyl halides is 3. The molecule has 1 saturated heterocycles. The molecule has 1 atom stereocenters. The minimum atomic E-state index is -4.69. The molecule has 31 heavy (non-hydrogen) atoms. The molecule has 0 aliphatic carbocycles. The van der Waals surface area contributed by atoms with Crippen molar-refractivity contribution in [2.45, 2.75) is 12.6 Å². The number of para-hydroxylation sites is 1. The summed E-state index contributed by atoms with van der Waals surface area (Å²) in [6.07, 6.45) is -4.80. The second kappa shape index (κ2) is 9.15. The number of anilines is 2. The van der Waals surface area contributed by atoms with Crippen molar-refractivity contribution in [3.8, 4) is 0 Å². The predicted octanol–water partition coefficient (Wildman–Crippen LogP) is 4.55. The van der Waals surface area contributed by atoms with Crippen LogP contribution in [0.2, 0.25) is 10.0 Å². The van der Waals surface area contributed by atoms with Gasteiger partial charge in [-0.2, -0.15) is 13.2 Å². The molecule has 2 aromatic rings. The maximum Gasteiger partial charge on any atom is 0.417 e. The lowest BCUT2D eigenvalue weighted by Crippen LogP contribution is -2.28. The molecule has 1 heterocycles. The van der Waals surface area contributed by atoms with Gasteiger partial charge in [-0.05, 0) is 30.3 Å². The van der Waals surface area contributed by atoms with Crippen LogP contribution in [0.3, 0.4) is 0 Å². The smallest absolute Gasteiger partial charge is 0.417 e. The minimum absolute atomic E-state index is 0.0369. The molecular formula is C20H15Cl2F3N2O4. The lowest BCUT2D eigenvalue weighted by Gasteiger charge is -2.17. The van der Waals surface area contributed by atoms with Gasteiger partial charge in [0, 0.05) is 18.7 Å². The number of nitrogens with zero attached hydrogens (tertiary/aromatic N) is 1. The molecule has 0 bridgehead atoms. The summed E-state index contributed by atoms with van der Waals surface area (Å²) in [5.41, 5.74) is -0.794. The highest BCUT2D eigenvalue weighted by Crippen LogP contribution is 2.36. The van der Waals surface area contributed by atoms with Gasteiger partial charge in [-0.25, -0.2) is 0 Å². The Balaban J connectivity index is 1.56. The van der Waals surface area contributed by atoms with E-state index in [1.165, 1.54) is 11.0 Å². The molecule has 1 N–H and O–H groups in total. The van der Waals surface area contributed by atoms with Crippen LogP contribution in [-0.2, 0) is 25.3 Å². The van der Waals surface area contributed by atoms with E-state index in [4.69, 9.17) is 27.9 Å². The second-order valence-corrected chi connectivity index (χ2v) is 7.52. The van der Waals surface area contributed by atoms with Crippen molar-refractivity contribution in [1.82, 2.24) is 0 Å². The van der Waals surface area contributed by atoms with E-state index in [-0.39, 0.29) is 24.6 Å². The zero-order valence-electron chi connectivity index (χ0n) is 15.7. The molecule has 0 spiro atoms. The number of carbonyl (C=O) groups is 3. The average Bonchev–Trinajstić information content (AvgIpc) is 3.08. The Morgan fingerprint density at radius 2 is 1.84 bits per heavy atom. The van der Waals surface area contributed by atoms with Crippen LogP contribution < -0.4 is 10.2 Å². The topological polar surface area (TPSA) is 75.7 Å². The lowest BCUT2D eigenvalue weighted by molar-refractivity contribution is -0.151. The van der Waals surface area contributed by atoms with Gasteiger partial charge in [0.05, 0.1) is 27.2 Å². The Labute approximate surface area is 184 Å². The molecule has 0 aromatic heterocycles. The van der Waals surface area contributed by atoms with Crippen LogP contribution in [0.4, 0.5) is 24.5 Å². The van der Waals surface area contributed by atoms with Gasteiger partial charge in [0.25, 0.3) is 5.91 Å². The number of nitrogens with one attached hydrogen (secondary N) is 1. The van der Waals surface area contributed by atoms with Crippen molar-refractivity contribution < 1.29 is 32.3 Å². The van der Waals surface area contributed by atoms with Gasteiger partial charge in [-0.1, -0.05) is 35.3 Å². The highest BCUT2D eigenvalue weighted by Gasteiger charge is 2.37. The second-order valence-electron chi connectivity index (χ2n) is 6.71. The number of halogens is 5. The summed E-state index contributed by atoms with van der Waals surface area (Å²) in [6, 6.07) is 9.53. The molecule has 6 nitrogen and oxygen atoms in total. The number of hydrogen-bond donors (Lipinski definition) is 1. The molecule has 1 aliphatic rings. The number of hydrogen-bond acceptors (Lipinski definition) is 4. The van der Waals surface area contributed by atoms with Crippen LogP contribution in [0.25, 0.3) is 0 Å². The van der Waals surface area contributed by atoms with Crippen molar-refractivity contribution in [3.63, 3.8) is 0 Å². The van der Waals surface area contributed by atoms with Crippen LogP contribution >= 0.6 is 23.2 Å². The highest BCUT2D eigenvalue weighted by atomic mass is 35.5. The summed E-state index contributed by atoms with van der Waals surface area (Å²) in [7, 11) is 0. The molecular weight excluding hydrogens is 460 g/mol. The van der Waals surface area contributed by atoms with E-state index in [1.807, 2.05) is 0 Å². The Hall–Kier alpha value is -2.78. The standard InChI is InChI=1S/C20H15Cl2F3N2O4/c21-14-6-5-12(8-13(14)20(23,24)25)26-17(28)10-31-19(30)11-7-18(29)27(9-11)16-4-2-1-3-15(16)22/h1-6,8,11H,7,9-10H2,(H,26,28)/t11-/m1/s1. The summed E-state index contributed by atoms with van der Waals surface area (Å²) in [4.78, 5) is 37.8. The van der Waals surface area contributed by atoms with Gasteiger partial charge in [0.2, 0.25) is 5.91 Å². The first-order valence-corrected chi connectivity index (χ1v) is 9.70. The van der Waals surface area contributed by atoms with E-state index < -0.39 is 41.2 Å². The minimum Gasteiger partial charge on any atom is -0.455 e. The van der Waals surface area contributed by atoms with Gasteiger partial charge in [-0.3, -0.25) is 14.4 Å². The van der Waals surface area contributed by atoms with Gasteiger partial charge in [0.1, 0.15) is 0 Å². The predicted molar refractivity (Wildman–Crippen MR) is 108 cm³/mol. The maximum absolute atomic E-state index is 12.9. The van der Waals surface area contributed by atoms with Crippen molar-refractivity contribution in [1.29, 1.82) is 0 Å². The first kappa shape index (κ1) is 22.9. The van der Waals surface area contributed by atoms with E-state index in [0.29, 0.717) is 16.8 Å². The van der Waals surface area contributed by atoms with E-state index >= 15 is 0 Å². The fourth-order valence-corrected chi connectivity index (χ4v) is 3.50. The normalized spacial score (nSPS) is 16.4. The Morgan fingerprint density at radius 3 is 2.52 bits per heavy atom. The number of carbonyl (C=O) groups excluding carboxylic acids is 3.